The van der Waals surface area contributed by atoms with Gasteiger partial charge in [-0.25, -0.2) is 0 Å². The number of carbonyl (C=O) groups is 2. The first-order valence-electron chi connectivity index (χ1n) is 12.6. The summed E-state index contributed by atoms with van der Waals surface area (Å²) >= 11 is 1.30. The molecule has 0 aromatic carbocycles. The van der Waals surface area contributed by atoms with Gasteiger partial charge in [0.1, 0.15) is 10.8 Å². The van der Waals surface area contributed by atoms with Gasteiger partial charge in [-0.1, -0.05) is 0 Å². The third kappa shape index (κ3) is 3.03. The van der Waals surface area contributed by atoms with E-state index in [0.717, 1.165) is 79.0 Å². The molecule has 0 unspecified atom stereocenters. The van der Waals surface area contributed by atoms with E-state index < -0.39 is 0 Å². The fourth-order valence-corrected chi connectivity index (χ4v) is 10.3. The first kappa shape index (κ1) is 19.1. The lowest BCUT2D eigenvalue weighted by molar-refractivity contribution is -0.140. The van der Waals surface area contributed by atoms with Crippen LogP contribution >= 0.6 is 11.5 Å². The monoisotopic (exact) mass is 439 g/mol. The van der Waals surface area contributed by atoms with Crippen molar-refractivity contribution in [1.29, 1.82) is 0 Å². The van der Waals surface area contributed by atoms with Crippen LogP contribution in [0.2, 0.25) is 0 Å². The van der Waals surface area contributed by atoms with Crippen LogP contribution in [0.5, 0.6) is 0 Å². The van der Waals surface area contributed by atoms with Gasteiger partial charge < -0.3 is 10.6 Å². The molecular formula is C25H33N3O2S. The molecule has 6 heteroatoms. The lowest BCUT2D eigenvalue weighted by atomic mass is 9.49. The largest absolute Gasteiger partial charge is 0.316 e. The molecule has 2 amide bonds. The number of nitrogens with one attached hydrogen (secondary N) is 2. The zero-order valence-electron chi connectivity index (χ0n) is 18.2. The molecule has 166 valence electrons. The molecule has 0 aliphatic heterocycles. The van der Waals surface area contributed by atoms with E-state index in [-0.39, 0.29) is 22.6 Å². The summed E-state index contributed by atoms with van der Waals surface area (Å²) in [5.74, 6) is 5.53. The molecule has 1 aromatic heterocycles. The van der Waals surface area contributed by atoms with E-state index in [1.165, 1.54) is 50.1 Å². The average molecular weight is 440 g/mol. The third-order valence-electron chi connectivity index (χ3n) is 10.0. The second kappa shape index (κ2) is 6.55. The molecule has 8 fully saturated rings. The van der Waals surface area contributed by atoms with Gasteiger partial charge in [0, 0.05) is 6.07 Å². The van der Waals surface area contributed by atoms with Gasteiger partial charge in [-0.2, -0.15) is 4.37 Å². The Balaban J connectivity index is 1.03. The Labute approximate surface area is 188 Å². The van der Waals surface area contributed by atoms with E-state index in [2.05, 4.69) is 15.0 Å². The molecule has 0 saturated heterocycles. The summed E-state index contributed by atoms with van der Waals surface area (Å²) in [4.78, 5) is 26.6. The zero-order valence-corrected chi connectivity index (χ0v) is 19.0. The average Bonchev–Trinajstić information content (AvgIpc) is 3.12. The van der Waals surface area contributed by atoms with E-state index in [1.807, 2.05) is 6.07 Å². The highest BCUT2D eigenvalue weighted by Crippen LogP contribution is 2.61. The van der Waals surface area contributed by atoms with Crippen LogP contribution in [0, 0.1) is 46.3 Å². The Bertz CT molecular complexity index is 794. The lowest BCUT2D eigenvalue weighted by Crippen LogP contribution is -2.51. The maximum absolute atomic E-state index is 13.3. The predicted octanol–water partition coefficient (Wildman–Crippen LogP) is 5.45. The molecule has 2 N–H and O–H groups in total. The number of hydrogen-bond donors (Lipinski definition) is 2. The van der Waals surface area contributed by atoms with Crippen LogP contribution in [-0.2, 0) is 9.59 Å². The van der Waals surface area contributed by atoms with Gasteiger partial charge in [0.15, 0.2) is 0 Å². The Morgan fingerprint density at radius 2 is 1.10 bits per heavy atom. The van der Waals surface area contributed by atoms with Gasteiger partial charge in [0.05, 0.1) is 10.8 Å². The highest BCUT2D eigenvalue weighted by Gasteiger charge is 2.56. The molecular weight excluding hydrogens is 406 g/mol. The standard InChI is InChI=1S/C25H33N3O2S/c29-22(24-8-14-1-15(9-24)3-16(2-14)10-24)26-20-7-21(31-28-20)27-23(30)25-11-17-4-18(12-25)6-19(5-17)13-25/h7,14-19H,1-6,8-13H2,(H,27,30)(H,26,28,29). The van der Waals surface area contributed by atoms with E-state index >= 15 is 0 Å². The van der Waals surface area contributed by atoms with Gasteiger partial charge in [-0.3, -0.25) is 9.59 Å². The summed E-state index contributed by atoms with van der Waals surface area (Å²) in [7, 11) is 0. The highest BCUT2D eigenvalue weighted by molar-refractivity contribution is 7.10. The predicted molar refractivity (Wildman–Crippen MR) is 121 cm³/mol. The second-order valence-electron chi connectivity index (χ2n) is 12.4. The van der Waals surface area contributed by atoms with Crippen molar-refractivity contribution >= 4 is 34.2 Å². The van der Waals surface area contributed by atoms with Crippen LogP contribution in [0.15, 0.2) is 6.07 Å². The first-order chi connectivity index (χ1) is 15.0. The van der Waals surface area contributed by atoms with Crippen LogP contribution in [-0.4, -0.2) is 16.2 Å². The van der Waals surface area contributed by atoms with Crippen LogP contribution in [0.4, 0.5) is 10.8 Å². The van der Waals surface area contributed by atoms with Crippen molar-refractivity contribution in [1.82, 2.24) is 4.37 Å². The minimum Gasteiger partial charge on any atom is -0.316 e. The SMILES string of the molecule is O=C(Nc1cc(NC(=O)C23CC4CC(CC(C4)C2)C3)sn1)C12CC3CC(CC(C3)C1)C2. The smallest absolute Gasteiger partial charge is 0.231 e. The number of nitrogens with zero attached hydrogens (tertiary/aromatic N) is 1. The molecule has 0 atom stereocenters. The molecule has 0 radical (unpaired) electrons. The topological polar surface area (TPSA) is 71.1 Å². The van der Waals surface area contributed by atoms with Crippen LogP contribution in [0.1, 0.15) is 77.0 Å². The van der Waals surface area contributed by atoms with Gasteiger partial charge >= 0.3 is 0 Å². The Morgan fingerprint density at radius 3 is 1.52 bits per heavy atom. The van der Waals surface area contributed by atoms with E-state index in [9.17, 15) is 9.59 Å². The maximum atomic E-state index is 13.3. The van der Waals surface area contributed by atoms with E-state index in [1.54, 1.807) is 0 Å². The number of carbonyl (C=O) groups excluding carboxylic acids is 2. The molecule has 8 aliphatic rings. The number of anilines is 2. The summed E-state index contributed by atoms with van der Waals surface area (Å²) < 4.78 is 4.48. The number of aromatic nitrogens is 1. The second-order valence-corrected chi connectivity index (χ2v) is 13.2. The molecule has 8 saturated carbocycles. The number of hydrogen-bond acceptors (Lipinski definition) is 4. The third-order valence-corrected chi connectivity index (χ3v) is 10.7. The lowest BCUT2D eigenvalue weighted by Gasteiger charge is -2.55. The zero-order chi connectivity index (χ0) is 20.8. The van der Waals surface area contributed by atoms with Crippen molar-refractivity contribution < 1.29 is 9.59 Å². The Morgan fingerprint density at radius 1 is 0.710 bits per heavy atom. The van der Waals surface area contributed by atoms with Crippen LogP contribution in [0.3, 0.4) is 0 Å². The van der Waals surface area contributed by atoms with E-state index in [4.69, 9.17) is 0 Å². The molecule has 1 aromatic rings. The van der Waals surface area contributed by atoms with Gasteiger partial charge in [0.2, 0.25) is 11.8 Å². The van der Waals surface area contributed by atoms with Gasteiger partial charge in [0.25, 0.3) is 0 Å². The fourth-order valence-electron chi connectivity index (χ4n) is 9.66. The summed E-state index contributed by atoms with van der Waals surface area (Å²) in [5.41, 5.74) is -0.317. The Kier molecular flexibility index (Phi) is 4.03. The van der Waals surface area contributed by atoms with Crippen molar-refractivity contribution in [3.05, 3.63) is 6.07 Å². The molecule has 0 spiro atoms. The molecule has 8 aliphatic carbocycles. The highest BCUT2D eigenvalue weighted by atomic mass is 32.1. The quantitative estimate of drug-likeness (QED) is 0.655. The van der Waals surface area contributed by atoms with Crippen LogP contribution in [0.25, 0.3) is 0 Å². The number of amides is 2. The summed E-state index contributed by atoms with van der Waals surface area (Å²) in [6.45, 7) is 0. The van der Waals surface area contributed by atoms with Crippen molar-refractivity contribution in [2.75, 3.05) is 10.6 Å². The van der Waals surface area contributed by atoms with Gasteiger partial charge in [-0.15, -0.1) is 0 Å². The minimum atomic E-state index is -0.166. The molecule has 1 heterocycles. The van der Waals surface area contributed by atoms with E-state index in [0.29, 0.717) is 5.82 Å². The fraction of sp³-hybridized carbons (Fsp3) is 0.800. The minimum absolute atomic E-state index is 0.151. The molecule has 31 heavy (non-hydrogen) atoms. The summed E-state index contributed by atoms with van der Waals surface area (Å²) in [6, 6.07) is 1.88. The first-order valence-corrected chi connectivity index (χ1v) is 13.3. The summed E-state index contributed by atoms with van der Waals surface area (Å²) in [6.07, 6.45) is 14.4. The van der Waals surface area contributed by atoms with Crippen molar-refractivity contribution in [2.24, 2.45) is 46.3 Å². The van der Waals surface area contributed by atoms with Crippen LogP contribution < -0.4 is 10.6 Å². The summed E-state index contributed by atoms with van der Waals surface area (Å²) in [5, 5.41) is 7.11. The van der Waals surface area contributed by atoms with Crippen molar-refractivity contribution in [3.8, 4) is 0 Å². The normalized spacial score (nSPS) is 46.3. The number of rotatable bonds is 4. The maximum Gasteiger partial charge on any atom is 0.231 e. The molecule has 8 bridgehead atoms. The molecule has 5 nitrogen and oxygen atoms in total. The van der Waals surface area contributed by atoms with Gasteiger partial charge in [-0.05, 0) is 124 Å². The Hall–Kier alpha value is -1.43. The molecule has 9 rings (SSSR count). The van der Waals surface area contributed by atoms with Crippen molar-refractivity contribution in [3.63, 3.8) is 0 Å². The van der Waals surface area contributed by atoms with Crippen molar-refractivity contribution in [2.45, 2.75) is 77.0 Å².